The summed E-state index contributed by atoms with van der Waals surface area (Å²) in [6.07, 6.45) is 1.82. The Morgan fingerprint density at radius 2 is 1.71 bits per heavy atom. The zero-order chi connectivity index (χ0) is 15.0. The summed E-state index contributed by atoms with van der Waals surface area (Å²) in [4.78, 5) is 4.46. The van der Waals surface area contributed by atoms with Crippen molar-refractivity contribution < 1.29 is 0 Å². The third kappa shape index (κ3) is 2.47. The summed E-state index contributed by atoms with van der Waals surface area (Å²) in [7, 11) is 0. The van der Waals surface area contributed by atoms with Gasteiger partial charge in [-0.15, -0.1) is 0 Å². The highest BCUT2D eigenvalue weighted by Gasteiger charge is 2.08. The lowest BCUT2D eigenvalue weighted by atomic mass is 10.1. The van der Waals surface area contributed by atoms with Gasteiger partial charge in [0.2, 0.25) is 0 Å². The molecule has 21 heavy (non-hydrogen) atoms. The van der Waals surface area contributed by atoms with E-state index in [0.717, 1.165) is 32.9 Å². The number of nitrogens with zero attached hydrogens (tertiary/aromatic N) is 1. The first-order valence-corrected chi connectivity index (χ1v) is 7.33. The molecule has 0 aliphatic heterocycles. The van der Waals surface area contributed by atoms with Crippen molar-refractivity contribution in [3.8, 4) is 0 Å². The van der Waals surface area contributed by atoms with E-state index in [1.807, 2.05) is 31.3 Å². The van der Waals surface area contributed by atoms with Crippen LogP contribution in [0.5, 0.6) is 0 Å². The van der Waals surface area contributed by atoms with E-state index in [-0.39, 0.29) is 0 Å². The van der Waals surface area contributed by atoms with Crippen LogP contribution in [0.4, 0.5) is 11.4 Å². The van der Waals surface area contributed by atoms with E-state index < -0.39 is 0 Å². The summed E-state index contributed by atoms with van der Waals surface area (Å²) in [5.74, 6) is 0. The highest BCUT2D eigenvalue weighted by atomic mass is 35.5. The van der Waals surface area contributed by atoms with Crippen LogP contribution in [0.2, 0.25) is 5.02 Å². The molecule has 0 aliphatic carbocycles. The van der Waals surface area contributed by atoms with Crippen molar-refractivity contribution >= 4 is 33.9 Å². The molecule has 1 aromatic heterocycles. The highest BCUT2D eigenvalue weighted by Crippen LogP contribution is 2.31. The predicted octanol–water partition coefficient (Wildman–Crippen LogP) is 5.56. The summed E-state index contributed by atoms with van der Waals surface area (Å²) >= 11 is 6.19. The normalized spacial score (nSPS) is 10.9. The average Bonchev–Trinajstić information content (AvgIpc) is 2.48. The van der Waals surface area contributed by atoms with E-state index in [4.69, 9.17) is 11.6 Å². The Bertz CT molecular complexity index is 825. The van der Waals surface area contributed by atoms with Crippen molar-refractivity contribution in [1.29, 1.82) is 0 Å². The van der Waals surface area contributed by atoms with E-state index in [2.05, 4.69) is 42.3 Å². The monoisotopic (exact) mass is 296 g/mol. The van der Waals surface area contributed by atoms with Gasteiger partial charge in [-0.25, -0.2) is 0 Å². The van der Waals surface area contributed by atoms with Gasteiger partial charge < -0.3 is 5.32 Å². The van der Waals surface area contributed by atoms with E-state index in [1.165, 1.54) is 11.1 Å². The lowest BCUT2D eigenvalue weighted by Crippen LogP contribution is -1.97. The van der Waals surface area contributed by atoms with Crippen LogP contribution in [0.15, 0.2) is 42.6 Å². The number of hydrogen-bond donors (Lipinski definition) is 1. The number of benzene rings is 2. The second-order valence-corrected chi connectivity index (χ2v) is 5.71. The average molecular weight is 297 g/mol. The minimum atomic E-state index is 0.749. The van der Waals surface area contributed by atoms with Crippen LogP contribution in [0, 0.1) is 20.8 Å². The highest BCUT2D eigenvalue weighted by molar-refractivity contribution is 6.32. The first-order valence-electron chi connectivity index (χ1n) is 6.95. The fourth-order valence-electron chi connectivity index (χ4n) is 2.48. The number of halogens is 1. The number of rotatable bonds is 2. The van der Waals surface area contributed by atoms with Crippen molar-refractivity contribution in [2.75, 3.05) is 5.32 Å². The molecule has 0 amide bonds. The minimum absolute atomic E-state index is 0.749. The molecule has 0 spiro atoms. The predicted molar refractivity (Wildman–Crippen MR) is 90.7 cm³/mol. The summed E-state index contributed by atoms with van der Waals surface area (Å²) in [6.45, 7) is 6.25. The van der Waals surface area contributed by atoms with Gasteiger partial charge in [-0.1, -0.05) is 23.7 Å². The topological polar surface area (TPSA) is 24.9 Å². The summed E-state index contributed by atoms with van der Waals surface area (Å²) in [6, 6.07) is 12.2. The SMILES string of the molecule is Cc1cccc(Nc2ccnc3c(C)c(Cl)ccc23)c1C. The summed E-state index contributed by atoms with van der Waals surface area (Å²) < 4.78 is 0. The molecule has 0 aliphatic rings. The van der Waals surface area contributed by atoms with Gasteiger partial charge in [0.15, 0.2) is 0 Å². The second kappa shape index (κ2) is 5.38. The first-order chi connectivity index (χ1) is 10.1. The molecular weight excluding hydrogens is 280 g/mol. The molecule has 0 fully saturated rings. The van der Waals surface area contributed by atoms with Crippen LogP contribution < -0.4 is 5.32 Å². The standard InChI is InChI=1S/C18H17ClN2/c1-11-5-4-6-16(12(11)2)21-17-9-10-20-18-13(3)15(19)8-7-14(17)18/h4-10H,1-3H3,(H,20,21). The number of aryl methyl sites for hydroxylation is 2. The number of nitrogens with one attached hydrogen (secondary N) is 1. The van der Waals surface area contributed by atoms with Crippen LogP contribution in [0.1, 0.15) is 16.7 Å². The maximum atomic E-state index is 6.19. The molecule has 3 heteroatoms. The van der Waals surface area contributed by atoms with Gasteiger partial charge in [0.1, 0.15) is 0 Å². The Morgan fingerprint density at radius 3 is 2.52 bits per heavy atom. The lowest BCUT2D eigenvalue weighted by molar-refractivity contribution is 1.32. The van der Waals surface area contributed by atoms with Crippen molar-refractivity contribution in [2.45, 2.75) is 20.8 Å². The molecule has 3 aromatic rings. The molecule has 0 unspecified atom stereocenters. The van der Waals surface area contributed by atoms with Crippen molar-refractivity contribution in [3.05, 3.63) is 64.3 Å². The van der Waals surface area contributed by atoms with Gasteiger partial charge in [-0.2, -0.15) is 0 Å². The van der Waals surface area contributed by atoms with Gasteiger partial charge in [-0.05, 0) is 61.7 Å². The van der Waals surface area contributed by atoms with E-state index >= 15 is 0 Å². The molecule has 3 rings (SSSR count). The number of anilines is 2. The number of fused-ring (bicyclic) bond motifs is 1. The molecular formula is C18H17ClN2. The van der Waals surface area contributed by atoms with Gasteiger partial charge in [0, 0.05) is 28.0 Å². The third-order valence-corrected chi connectivity index (χ3v) is 4.38. The molecule has 1 heterocycles. The number of pyridine rings is 1. The molecule has 2 nitrogen and oxygen atoms in total. The van der Waals surface area contributed by atoms with Gasteiger partial charge in [0.25, 0.3) is 0 Å². The molecule has 1 N–H and O–H groups in total. The Morgan fingerprint density at radius 1 is 0.905 bits per heavy atom. The van der Waals surface area contributed by atoms with E-state index in [1.54, 1.807) is 0 Å². The van der Waals surface area contributed by atoms with Crippen LogP contribution >= 0.6 is 11.6 Å². The smallest absolute Gasteiger partial charge is 0.0766 e. The molecule has 2 aromatic carbocycles. The molecule has 0 atom stereocenters. The second-order valence-electron chi connectivity index (χ2n) is 5.30. The number of aromatic nitrogens is 1. The van der Waals surface area contributed by atoms with Gasteiger partial charge >= 0.3 is 0 Å². The van der Waals surface area contributed by atoms with Crippen LogP contribution in [0.3, 0.4) is 0 Å². The zero-order valence-corrected chi connectivity index (χ0v) is 13.1. The fourth-order valence-corrected chi connectivity index (χ4v) is 2.63. The molecule has 0 saturated heterocycles. The molecule has 0 saturated carbocycles. The Kier molecular flexibility index (Phi) is 3.56. The molecule has 0 radical (unpaired) electrons. The van der Waals surface area contributed by atoms with Crippen LogP contribution in [-0.2, 0) is 0 Å². The molecule has 106 valence electrons. The first kappa shape index (κ1) is 13.9. The molecule has 0 bridgehead atoms. The van der Waals surface area contributed by atoms with Gasteiger partial charge in [0.05, 0.1) is 5.52 Å². The Labute approximate surface area is 129 Å². The lowest BCUT2D eigenvalue weighted by Gasteiger charge is -2.14. The van der Waals surface area contributed by atoms with Gasteiger partial charge in [-0.3, -0.25) is 4.98 Å². The maximum absolute atomic E-state index is 6.19. The third-order valence-electron chi connectivity index (χ3n) is 3.97. The van der Waals surface area contributed by atoms with Crippen molar-refractivity contribution in [2.24, 2.45) is 0 Å². The van der Waals surface area contributed by atoms with Crippen LogP contribution in [-0.4, -0.2) is 4.98 Å². The van der Waals surface area contributed by atoms with E-state index in [9.17, 15) is 0 Å². The maximum Gasteiger partial charge on any atom is 0.0766 e. The summed E-state index contributed by atoms with van der Waals surface area (Å²) in [5, 5.41) is 5.35. The fraction of sp³-hybridized carbons (Fsp3) is 0.167. The largest absolute Gasteiger partial charge is 0.355 e. The quantitative estimate of drug-likeness (QED) is 0.670. The Hall–Kier alpha value is -2.06. The zero-order valence-electron chi connectivity index (χ0n) is 12.4. The number of hydrogen-bond acceptors (Lipinski definition) is 2. The van der Waals surface area contributed by atoms with Crippen molar-refractivity contribution in [3.63, 3.8) is 0 Å². The van der Waals surface area contributed by atoms with E-state index in [0.29, 0.717) is 0 Å². The minimum Gasteiger partial charge on any atom is -0.355 e. The Balaban J connectivity index is 2.13. The van der Waals surface area contributed by atoms with Crippen LogP contribution in [0.25, 0.3) is 10.9 Å². The van der Waals surface area contributed by atoms with Crippen molar-refractivity contribution in [1.82, 2.24) is 4.98 Å². The summed E-state index contributed by atoms with van der Waals surface area (Å²) in [5.41, 5.74) is 6.66.